The first-order valence-electron chi connectivity index (χ1n) is 4.26. The first kappa shape index (κ1) is 12.5. The van der Waals surface area contributed by atoms with Crippen molar-refractivity contribution in [3.63, 3.8) is 0 Å². The van der Waals surface area contributed by atoms with E-state index in [1.54, 1.807) is 0 Å². The van der Waals surface area contributed by atoms with Gasteiger partial charge in [-0.2, -0.15) is 0 Å². The molecule has 4 heteroatoms. The maximum absolute atomic E-state index is 11.3. The maximum Gasteiger partial charge on any atom is 0.190 e. The van der Waals surface area contributed by atoms with Gasteiger partial charge in [0.15, 0.2) is 5.52 Å². The van der Waals surface area contributed by atoms with E-state index in [2.05, 4.69) is 22.4 Å². The fraction of sp³-hybridized carbons (Fsp3) is 0.875. The van der Waals surface area contributed by atoms with E-state index in [0.717, 1.165) is 19.0 Å². The molecule has 0 saturated heterocycles. The Bertz CT molecular complexity index is 130. The SMILES string of the molecule is CCCCP(Br)C(=O)COCC. The van der Waals surface area contributed by atoms with Crippen molar-refractivity contribution in [1.29, 1.82) is 0 Å². The molecule has 0 aromatic heterocycles. The van der Waals surface area contributed by atoms with Crippen LogP contribution in [0.5, 0.6) is 0 Å². The zero-order valence-corrected chi connectivity index (χ0v) is 10.2. The summed E-state index contributed by atoms with van der Waals surface area (Å²) in [6.45, 7) is 4.31. The highest BCUT2D eigenvalue weighted by atomic mass is 79.9. The number of hydrogen-bond donors (Lipinski definition) is 0. The summed E-state index contributed by atoms with van der Waals surface area (Å²) in [5, 5.41) is 0. The van der Waals surface area contributed by atoms with Gasteiger partial charge in [-0.1, -0.05) is 28.8 Å². The molecular weight excluding hydrogens is 239 g/mol. The molecule has 1 atom stereocenters. The molecule has 0 N–H and O–H groups in total. The predicted molar refractivity (Wildman–Crippen MR) is 57.1 cm³/mol. The molecule has 0 aliphatic carbocycles. The van der Waals surface area contributed by atoms with Crippen LogP contribution in [0.15, 0.2) is 0 Å². The van der Waals surface area contributed by atoms with Gasteiger partial charge in [0, 0.05) is 13.2 Å². The van der Waals surface area contributed by atoms with Crippen LogP contribution in [0.25, 0.3) is 0 Å². The molecule has 0 spiro atoms. The number of carbonyl (C=O) groups excluding carboxylic acids is 1. The minimum absolute atomic E-state index is 0.223. The van der Waals surface area contributed by atoms with Crippen molar-refractivity contribution in [3.8, 4) is 0 Å². The summed E-state index contributed by atoms with van der Waals surface area (Å²) in [7, 11) is 0. The first-order chi connectivity index (χ1) is 5.72. The van der Waals surface area contributed by atoms with Crippen LogP contribution in [0, 0.1) is 0 Å². The molecule has 0 heterocycles. The number of unbranched alkanes of at least 4 members (excludes halogenated alkanes) is 1. The molecular formula is C8H16BrO2P. The molecule has 0 bridgehead atoms. The van der Waals surface area contributed by atoms with Crippen LogP contribution in [0.1, 0.15) is 26.7 Å². The molecule has 1 unspecified atom stereocenters. The summed E-state index contributed by atoms with van der Waals surface area (Å²) in [4.78, 5) is 11.3. The van der Waals surface area contributed by atoms with Crippen LogP contribution >= 0.6 is 22.1 Å². The quantitative estimate of drug-likeness (QED) is 0.653. The van der Waals surface area contributed by atoms with Crippen LogP contribution in [-0.4, -0.2) is 24.9 Å². The highest BCUT2D eigenvalue weighted by Gasteiger charge is 2.13. The van der Waals surface area contributed by atoms with Crippen LogP contribution in [0.4, 0.5) is 0 Å². The molecule has 0 fully saturated rings. The molecule has 0 aliphatic rings. The Morgan fingerprint density at radius 2 is 2.17 bits per heavy atom. The van der Waals surface area contributed by atoms with Gasteiger partial charge < -0.3 is 4.74 Å². The van der Waals surface area contributed by atoms with Crippen LogP contribution < -0.4 is 0 Å². The minimum Gasteiger partial charge on any atom is -0.374 e. The normalized spacial score (nSPS) is 12.9. The molecule has 0 aromatic rings. The number of hydrogen-bond acceptors (Lipinski definition) is 2. The fourth-order valence-corrected chi connectivity index (χ4v) is 2.82. The highest BCUT2D eigenvalue weighted by Crippen LogP contribution is 2.45. The van der Waals surface area contributed by atoms with Crippen molar-refractivity contribution in [2.45, 2.75) is 26.7 Å². The number of halogens is 1. The Morgan fingerprint density at radius 1 is 1.50 bits per heavy atom. The maximum atomic E-state index is 11.3. The van der Waals surface area contributed by atoms with E-state index in [1.165, 1.54) is 0 Å². The third kappa shape index (κ3) is 6.10. The molecule has 2 nitrogen and oxygen atoms in total. The van der Waals surface area contributed by atoms with Gasteiger partial charge in [0.05, 0.1) is 0 Å². The average molecular weight is 255 g/mol. The summed E-state index contributed by atoms with van der Waals surface area (Å²) in [6.07, 6.45) is 3.25. The van der Waals surface area contributed by atoms with Crippen LogP contribution in [0.3, 0.4) is 0 Å². The topological polar surface area (TPSA) is 26.3 Å². The summed E-state index contributed by atoms with van der Waals surface area (Å²) < 4.78 is 5.03. The van der Waals surface area contributed by atoms with Gasteiger partial charge in [-0.3, -0.25) is 4.79 Å². The van der Waals surface area contributed by atoms with Gasteiger partial charge in [0.2, 0.25) is 0 Å². The molecule has 72 valence electrons. The third-order valence-electron chi connectivity index (χ3n) is 1.41. The van der Waals surface area contributed by atoms with Gasteiger partial charge >= 0.3 is 0 Å². The van der Waals surface area contributed by atoms with Gasteiger partial charge in [-0.05, 0) is 19.5 Å². The Labute approximate surface area is 83.5 Å². The Hall–Kier alpha value is 0.540. The van der Waals surface area contributed by atoms with Crippen molar-refractivity contribution in [2.75, 3.05) is 19.4 Å². The van der Waals surface area contributed by atoms with E-state index < -0.39 is 6.62 Å². The van der Waals surface area contributed by atoms with E-state index in [1.807, 2.05) is 6.92 Å². The summed E-state index contributed by atoms with van der Waals surface area (Å²) in [6, 6.07) is 0. The average Bonchev–Trinajstić information content (AvgIpc) is 2.10. The monoisotopic (exact) mass is 254 g/mol. The first-order valence-corrected chi connectivity index (χ1v) is 7.80. The molecule has 0 aromatic carbocycles. The lowest BCUT2D eigenvalue weighted by Crippen LogP contribution is -2.05. The Balaban J connectivity index is 3.47. The predicted octanol–water partition coefficient (Wildman–Crippen LogP) is 3.14. The smallest absolute Gasteiger partial charge is 0.190 e. The van der Waals surface area contributed by atoms with Gasteiger partial charge in [0.1, 0.15) is 6.61 Å². The molecule has 0 amide bonds. The van der Waals surface area contributed by atoms with Crippen LogP contribution in [0.2, 0.25) is 0 Å². The van der Waals surface area contributed by atoms with Crippen molar-refractivity contribution >= 4 is 27.6 Å². The molecule has 12 heavy (non-hydrogen) atoms. The zero-order chi connectivity index (χ0) is 9.40. The van der Waals surface area contributed by atoms with Gasteiger partial charge in [-0.25, -0.2) is 0 Å². The fourth-order valence-electron chi connectivity index (χ4n) is 0.681. The minimum atomic E-state index is -0.611. The van der Waals surface area contributed by atoms with E-state index in [9.17, 15) is 4.79 Å². The van der Waals surface area contributed by atoms with Crippen molar-refractivity contribution in [3.05, 3.63) is 0 Å². The van der Waals surface area contributed by atoms with E-state index in [-0.39, 0.29) is 12.1 Å². The largest absolute Gasteiger partial charge is 0.374 e. The van der Waals surface area contributed by atoms with Crippen molar-refractivity contribution < 1.29 is 9.53 Å². The second kappa shape index (κ2) is 8.15. The van der Waals surface area contributed by atoms with Crippen molar-refractivity contribution in [2.24, 2.45) is 0 Å². The summed E-state index contributed by atoms with van der Waals surface area (Å²) in [5.74, 6) is 0. The Kier molecular flexibility index (Phi) is 8.52. The second-order valence-corrected chi connectivity index (χ2v) is 6.71. The summed E-state index contributed by atoms with van der Waals surface area (Å²) >= 11 is 3.41. The number of ether oxygens (including phenoxy) is 1. The van der Waals surface area contributed by atoms with E-state index >= 15 is 0 Å². The zero-order valence-electron chi connectivity index (χ0n) is 7.68. The lowest BCUT2D eigenvalue weighted by atomic mass is 10.4. The highest BCUT2D eigenvalue weighted by molar-refractivity contribution is 9.41. The lowest BCUT2D eigenvalue weighted by Gasteiger charge is -2.07. The van der Waals surface area contributed by atoms with Gasteiger partial charge in [-0.15, -0.1) is 0 Å². The molecule has 0 radical (unpaired) electrons. The van der Waals surface area contributed by atoms with E-state index in [4.69, 9.17) is 4.74 Å². The standard InChI is InChI=1S/C8H16BrO2P/c1-3-5-6-12(9)8(10)7-11-4-2/h3-7H2,1-2H3. The number of rotatable bonds is 7. The second-order valence-electron chi connectivity index (χ2n) is 2.47. The van der Waals surface area contributed by atoms with Crippen molar-refractivity contribution in [1.82, 2.24) is 0 Å². The molecule has 0 saturated carbocycles. The van der Waals surface area contributed by atoms with E-state index in [0.29, 0.717) is 6.61 Å². The lowest BCUT2D eigenvalue weighted by molar-refractivity contribution is -0.115. The third-order valence-corrected chi connectivity index (χ3v) is 5.04. The Morgan fingerprint density at radius 3 is 2.67 bits per heavy atom. The summed E-state index contributed by atoms with van der Waals surface area (Å²) in [5.41, 5.74) is 0.223. The van der Waals surface area contributed by atoms with Gasteiger partial charge in [0.25, 0.3) is 0 Å². The molecule has 0 aliphatic heterocycles. The number of carbonyl (C=O) groups is 1. The molecule has 0 rings (SSSR count). The van der Waals surface area contributed by atoms with Crippen LogP contribution in [-0.2, 0) is 9.53 Å².